The van der Waals surface area contributed by atoms with Crippen LogP contribution >= 0.6 is 11.3 Å². The normalized spacial score (nSPS) is 12.7. The Balaban J connectivity index is 1.74. The lowest BCUT2D eigenvalue weighted by atomic mass is 10.0. The van der Waals surface area contributed by atoms with E-state index in [1.165, 1.54) is 70.6 Å². The molecule has 0 saturated carbocycles. The van der Waals surface area contributed by atoms with Gasteiger partial charge in [0, 0.05) is 10.9 Å². The summed E-state index contributed by atoms with van der Waals surface area (Å²) >= 11 is 1.90. The molecule has 0 aliphatic heterocycles. The summed E-state index contributed by atoms with van der Waals surface area (Å²) < 4.78 is 0. The van der Waals surface area contributed by atoms with Gasteiger partial charge in [0.05, 0.1) is 0 Å². The van der Waals surface area contributed by atoms with Gasteiger partial charge < -0.3 is 5.73 Å². The van der Waals surface area contributed by atoms with Crippen LogP contribution in [-0.4, -0.2) is 6.04 Å². The molecular weight excluding hydrogens is 250 g/mol. The van der Waals surface area contributed by atoms with Crippen molar-refractivity contribution in [3.05, 3.63) is 22.4 Å². The van der Waals surface area contributed by atoms with Gasteiger partial charge in [-0.05, 0) is 37.6 Å². The third-order valence-corrected chi connectivity index (χ3v) is 4.60. The molecule has 2 heteroatoms. The van der Waals surface area contributed by atoms with Crippen molar-refractivity contribution in [2.45, 2.75) is 83.6 Å². The van der Waals surface area contributed by atoms with Gasteiger partial charge in [-0.25, -0.2) is 0 Å². The lowest BCUT2D eigenvalue weighted by Crippen LogP contribution is -2.13. The number of nitrogens with two attached hydrogens (primary N) is 1. The molecule has 0 fully saturated rings. The fourth-order valence-electron chi connectivity index (χ4n) is 2.46. The van der Waals surface area contributed by atoms with Crippen LogP contribution in [0.5, 0.6) is 0 Å². The zero-order valence-corrected chi connectivity index (χ0v) is 13.4. The highest BCUT2D eigenvalue weighted by Crippen LogP contribution is 2.15. The Morgan fingerprint density at radius 1 is 0.947 bits per heavy atom. The van der Waals surface area contributed by atoms with Crippen molar-refractivity contribution in [1.82, 2.24) is 0 Å². The number of thiophene rings is 1. The van der Waals surface area contributed by atoms with Gasteiger partial charge in [0.1, 0.15) is 0 Å². The Bertz CT molecular complexity index is 279. The second-order valence-corrected chi connectivity index (χ2v) is 6.81. The van der Waals surface area contributed by atoms with Crippen molar-refractivity contribution >= 4 is 11.3 Å². The molecule has 0 bridgehead atoms. The molecule has 0 aliphatic carbocycles. The zero-order chi connectivity index (χ0) is 13.8. The molecule has 1 rings (SSSR count). The fraction of sp³-hybridized carbons (Fsp3) is 0.765. The van der Waals surface area contributed by atoms with Crippen molar-refractivity contribution in [3.63, 3.8) is 0 Å². The van der Waals surface area contributed by atoms with Crippen LogP contribution in [0.15, 0.2) is 17.5 Å². The molecule has 110 valence electrons. The van der Waals surface area contributed by atoms with Crippen LogP contribution in [0.1, 0.15) is 76.0 Å². The maximum atomic E-state index is 5.74. The van der Waals surface area contributed by atoms with Gasteiger partial charge in [0.2, 0.25) is 0 Å². The minimum atomic E-state index is 0.392. The van der Waals surface area contributed by atoms with Gasteiger partial charge in [-0.15, -0.1) is 11.3 Å². The summed E-state index contributed by atoms with van der Waals surface area (Å²) in [5, 5.41) is 2.18. The quantitative estimate of drug-likeness (QED) is 0.500. The largest absolute Gasteiger partial charge is 0.328 e. The Labute approximate surface area is 123 Å². The van der Waals surface area contributed by atoms with Gasteiger partial charge in [-0.2, -0.15) is 0 Å². The number of rotatable bonds is 12. The molecule has 19 heavy (non-hydrogen) atoms. The Kier molecular flexibility index (Phi) is 10.1. The highest BCUT2D eigenvalue weighted by Gasteiger charge is 1.96. The highest BCUT2D eigenvalue weighted by molar-refractivity contribution is 7.09. The molecule has 0 amide bonds. The average molecular weight is 282 g/mol. The lowest BCUT2D eigenvalue weighted by molar-refractivity contribution is 0.534. The van der Waals surface area contributed by atoms with E-state index in [0.717, 1.165) is 0 Å². The molecule has 1 atom stereocenters. The van der Waals surface area contributed by atoms with Crippen LogP contribution in [0.4, 0.5) is 0 Å². The minimum absolute atomic E-state index is 0.392. The molecule has 0 spiro atoms. The van der Waals surface area contributed by atoms with Crippen molar-refractivity contribution < 1.29 is 0 Å². The van der Waals surface area contributed by atoms with E-state index >= 15 is 0 Å². The summed E-state index contributed by atoms with van der Waals surface area (Å²) in [6.45, 7) is 2.11. The third kappa shape index (κ3) is 10.1. The summed E-state index contributed by atoms with van der Waals surface area (Å²) in [4.78, 5) is 1.55. The molecule has 0 aromatic carbocycles. The molecule has 1 unspecified atom stereocenters. The second kappa shape index (κ2) is 11.5. The van der Waals surface area contributed by atoms with Crippen LogP contribution in [0.3, 0.4) is 0 Å². The third-order valence-electron chi connectivity index (χ3n) is 3.66. The summed E-state index contributed by atoms with van der Waals surface area (Å²) in [5.41, 5.74) is 5.74. The van der Waals surface area contributed by atoms with E-state index in [-0.39, 0.29) is 0 Å². The number of unbranched alkanes of at least 4 members (excludes halogenated alkanes) is 8. The number of aryl methyl sites for hydroxylation is 1. The van der Waals surface area contributed by atoms with Gasteiger partial charge in [-0.1, -0.05) is 57.4 Å². The molecule has 1 heterocycles. The summed E-state index contributed by atoms with van der Waals surface area (Å²) in [5.74, 6) is 0. The molecule has 0 aliphatic rings. The van der Waals surface area contributed by atoms with Crippen molar-refractivity contribution in [1.29, 1.82) is 0 Å². The lowest BCUT2D eigenvalue weighted by Gasteiger charge is -2.04. The van der Waals surface area contributed by atoms with E-state index in [4.69, 9.17) is 5.73 Å². The highest BCUT2D eigenvalue weighted by atomic mass is 32.1. The Hall–Kier alpha value is -0.340. The van der Waals surface area contributed by atoms with E-state index < -0.39 is 0 Å². The molecule has 0 saturated heterocycles. The van der Waals surface area contributed by atoms with Crippen LogP contribution in [0.2, 0.25) is 0 Å². The number of hydrogen-bond acceptors (Lipinski definition) is 2. The van der Waals surface area contributed by atoms with Crippen LogP contribution < -0.4 is 5.73 Å². The molecule has 2 N–H and O–H groups in total. The molecule has 1 aromatic rings. The van der Waals surface area contributed by atoms with E-state index in [2.05, 4.69) is 24.4 Å². The maximum Gasteiger partial charge on any atom is 0.00452 e. The van der Waals surface area contributed by atoms with Gasteiger partial charge in [0.25, 0.3) is 0 Å². The molecular formula is C17H31NS. The van der Waals surface area contributed by atoms with Crippen LogP contribution in [0, 0.1) is 0 Å². The maximum absolute atomic E-state index is 5.74. The van der Waals surface area contributed by atoms with Crippen molar-refractivity contribution in [2.24, 2.45) is 5.73 Å². The molecule has 1 aromatic heterocycles. The summed E-state index contributed by atoms with van der Waals surface area (Å²) in [6, 6.07) is 4.81. The smallest absolute Gasteiger partial charge is 0.00452 e. The topological polar surface area (TPSA) is 26.0 Å². The van der Waals surface area contributed by atoms with Gasteiger partial charge in [0.15, 0.2) is 0 Å². The monoisotopic (exact) mass is 281 g/mol. The standard InChI is InChI=1S/C17H31NS/c1-16(18)12-9-7-5-3-2-4-6-8-10-13-17-14-11-15-19-17/h11,14-16H,2-10,12-13,18H2,1H3. The predicted molar refractivity (Wildman–Crippen MR) is 87.8 cm³/mol. The Morgan fingerprint density at radius 3 is 2.05 bits per heavy atom. The second-order valence-electron chi connectivity index (χ2n) is 5.78. The molecule has 1 nitrogen and oxygen atoms in total. The fourth-order valence-corrected chi connectivity index (χ4v) is 3.21. The van der Waals surface area contributed by atoms with Crippen molar-refractivity contribution in [2.75, 3.05) is 0 Å². The van der Waals surface area contributed by atoms with E-state index in [1.54, 1.807) is 4.88 Å². The van der Waals surface area contributed by atoms with Crippen LogP contribution in [-0.2, 0) is 6.42 Å². The predicted octanol–water partition coefficient (Wildman–Crippen LogP) is 5.54. The van der Waals surface area contributed by atoms with Crippen LogP contribution in [0.25, 0.3) is 0 Å². The summed E-state index contributed by atoms with van der Waals surface area (Å²) in [7, 11) is 0. The van der Waals surface area contributed by atoms with E-state index in [9.17, 15) is 0 Å². The first-order valence-electron chi connectivity index (χ1n) is 8.07. The van der Waals surface area contributed by atoms with Gasteiger partial charge >= 0.3 is 0 Å². The van der Waals surface area contributed by atoms with E-state index in [1.807, 2.05) is 11.3 Å². The first-order valence-corrected chi connectivity index (χ1v) is 8.95. The molecule has 0 radical (unpaired) electrons. The summed E-state index contributed by atoms with van der Waals surface area (Å²) in [6.07, 6.45) is 15.1. The first kappa shape index (κ1) is 16.7. The number of hydrogen-bond donors (Lipinski definition) is 1. The first-order chi connectivity index (χ1) is 9.29. The van der Waals surface area contributed by atoms with E-state index in [0.29, 0.717) is 6.04 Å². The van der Waals surface area contributed by atoms with Gasteiger partial charge in [-0.3, -0.25) is 0 Å². The average Bonchev–Trinajstić information content (AvgIpc) is 2.88. The van der Waals surface area contributed by atoms with Crippen molar-refractivity contribution in [3.8, 4) is 0 Å². The zero-order valence-electron chi connectivity index (χ0n) is 12.6. The minimum Gasteiger partial charge on any atom is -0.328 e. The SMILES string of the molecule is CC(N)CCCCCCCCCCCc1cccs1. The Morgan fingerprint density at radius 2 is 1.53 bits per heavy atom.